The zero-order valence-electron chi connectivity index (χ0n) is 12.8. The van der Waals surface area contributed by atoms with Crippen molar-refractivity contribution in [2.75, 3.05) is 11.1 Å². The Balaban J connectivity index is 2.09. The highest BCUT2D eigenvalue weighted by Gasteiger charge is 2.17. The van der Waals surface area contributed by atoms with Crippen molar-refractivity contribution in [1.29, 1.82) is 0 Å². The lowest BCUT2D eigenvalue weighted by Crippen LogP contribution is -2.12. The minimum Gasteiger partial charge on any atom is -0.508 e. The third kappa shape index (κ3) is 3.39. The first-order valence-electron chi connectivity index (χ1n) is 7.16. The molecule has 25 heavy (non-hydrogen) atoms. The van der Waals surface area contributed by atoms with Crippen molar-refractivity contribution in [3.8, 4) is 5.75 Å². The van der Waals surface area contributed by atoms with E-state index in [1.54, 1.807) is 24.3 Å². The fraction of sp³-hybridized carbons (Fsp3) is 0. The van der Waals surface area contributed by atoms with E-state index in [4.69, 9.17) is 5.73 Å². The lowest BCUT2D eigenvalue weighted by atomic mass is 10.1. The number of rotatable bonds is 3. The topological polar surface area (TPSA) is 130 Å². The van der Waals surface area contributed by atoms with Gasteiger partial charge in [0, 0.05) is 27.7 Å². The van der Waals surface area contributed by atoms with Crippen LogP contribution in [-0.4, -0.2) is 24.0 Å². The number of benzene rings is 3. The van der Waals surface area contributed by atoms with E-state index in [0.29, 0.717) is 16.9 Å². The molecule has 0 radical (unpaired) electrons. The molecule has 7 nitrogen and oxygen atoms in total. The summed E-state index contributed by atoms with van der Waals surface area (Å²) in [6.45, 7) is 0. The summed E-state index contributed by atoms with van der Waals surface area (Å²) < 4.78 is 32.4. The summed E-state index contributed by atoms with van der Waals surface area (Å²) in [6.07, 6.45) is 0. The van der Waals surface area contributed by atoms with Crippen molar-refractivity contribution < 1.29 is 22.9 Å². The fourth-order valence-corrected chi connectivity index (χ4v) is 3.17. The van der Waals surface area contributed by atoms with Crippen LogP contribution in [0.15, 0.2) is 59.5 Å². The predicted molar refractivity (Wildman–Crippen MR) is 94.2 cm³/mol. The maximum Gasteiger partial charge on any atom is 0.295 e. The number of fused-ring (bicyclic) bond motifs is 1. The van der Waals surface area contributed by atoms with Crippen LogP contribution in [0.2, 0.25) is 0 Å². The Morgan fingerprint density at radius 1 is 0.960 bits per heavy atom. The lowest BCUT2D eigenvalue weighted by Gasteiger charge is -2.12. The molecule has 0 bridgehead atoms. The number of amides is 1. The molecule has 3 aromatic carbocycles. The SMILES string of the molecule is Nc1ccc(C(=O)Nc2ccc(S(=O)(=O)O)c3ccc(O)cc23)cc1. The average molecular weight is 358 g/mol. The number of carbonyl (C=O) groups is 1. The van der Waals surface area contributed by atoms with Crippen molar-refractivity contribution in [2.45, 2.75) is 4.90 Å². The number of aromatic hydroxyl groups is 1. The van der Waals surface area contributed by atoms with Crippen LogP contribution in [0.4, 0.5) is 11.4 Å². The number of nitrogen functional groups attached to an aromatic ring is 1. The van der Waals surface area contributed by atoms with E-state index < -0.39 is 16.0 Å². The second-order valence-electron chi connectivity index (χ2n) is 5.39. The van der Waals surface area contributed by atoms with Gasteiger partial charge < -0.3 is 16.2 Å². The molecule has 8 heteroatoms. The normalized spacial score (nSPS) is 11.4. The van der Waals surface area contributed by atoms with E-state index in [0.717, 1.165) is 0 Å². The molecule has 128 valence electrons. The largest absolute Gasteiger partial charge is 0.508 e. The van der Waals surface area contributed by atoms with Gasteiger partial charge in [-0.1, -0.05) is 0 Å². The third-order valence-corrected chi connectivity index (χ3v) is 4.57. The molecule has 0 heterocycles. The molecule has 0 spiro atoms. The summed E-state index contributed by atoms with van der Waals surface area (Å²) in [5.74, 6) is -0.535. The third-order valence-electron chi connectivity index (χ3n) is 3.66. The summed E-state index contributed by atoms with van der Waals surface area (Å²) in [4.78, 5) is 12.0. The predicted octanol–water partition coefficient (Wildman–Crippen LogP) is 2.63. The highest BCUT2D eigenvalue weighted by atomic mass is 32.2. The smallest absolute Gasteiger partial charge is 0.295 e. The first-order valence-corrected chi connectivity index (χ1v) is 8.60. The van der Waals surface area contributed by atoms with Crippen molar-refractivity contribution >= 4 is 38.2 Å². The van der Waals surface area contributed by atoms with E-state index >= 15 is 0 Å². The van der Waals surface area contributed by atoms with Gasteiger partial charge >= 0.3 is 0 Å². The molecular formula is C17H14N2O5S. The molecular weight excluding hydrogens is 344 g/mol. The number of hydrogen-bond donors (Lipinski definition) is 4. The molecule has 0 atom stereocenters. The standard InChI is InChI=1S/C17H14N2O5S/c18-11-3-1-10(2-4-11)17(21)19-15-7-8-16(25(22,23)24)13-6-5-12(20)9-14(13)15/h1-9,20H,18H2,(H,19,21)(H,22,23,24). The summed E-state index contributed by atoms with van der Waals surface area (Å²) in [7, 11) is -4.45. The van der Waals surface area contributed by atoms with Gasteiger partial charge in [-0.2, -0.15) is 8.42 Å². The first-order chi connectivity index (χ1) is 11.8. The number of carbonyl (C=O) groups excluding carboxylic acids is 1. The molecule has 0 saturated heterocycles. The second-order valence-corrected chi connectivity index (χ2v) is 6.78. The quantitative estimate of drug-likeness (QED) is 0.421. The van der Waals surface area contributed by atoms with Gasteiger partial charge in [0.15, 0.2) is 0 Å². The van der Waals surface area contributed by atoms with Gasteiger partial charge in [-0.3, -0.25) is 9.35 Å². The maximum absolute atomic E-state index is 12.4. The minimum atomic E-state index is -4.45. The number of nitrogens with two attached hydrogens (primary N) is 1. The molecule has 0 unspecified atom stereocenters. The molecule has 0 fully saturated rings. The van der Waals surface area contributed by atoms with Gasteiger partial charge in [-0.15, -0.1) is 0 Å². The lowest BCUT2D eigenvalue weighted by molar-refractivity contribution is 0.102. The summed E-state index contributed by atoms with van der Waals surface area (Å²) in [5, 5.41) is 12.8. The molecule has 0 aromatic heterocycles. The summed E-state index contributed by atoms with van der Waals surface area (Å²) in [5.41, 5.74) is 6.76. The van der Waals surface area contributed by atoms with Crippen molar-refractivity contribution in [3.05, 3.63) is 60.2 Å². The Kier molecular flexibility index (Phi) is 4.07. The molecule has 0 saturated carbocycles. The Hall–Kier alpha value is -3.10. The van der Waals surface area contributed by atoms with Gasteiger partial charge in [0.05, 0.1) is 0 Å². The van der Waals surface area contributed by atoms with Gasteiger partial charge in [0.1, 0.15) is 10.6 Å². The van der Waals surface area contributed by atoms with Crippen LogP contribution in [0.1, 0.15) is 10.4 Å². The van der Waals surface area contributed by atoms with E-state index in [1.807, 2.05) is 0 Å². The Morgan fingerprint density at radius 2 is 1.64 bits per heavy atom. The van der Waals surface area contributed by atoms with E-state index in [-0.39, 0.29) is 21.4 Å². The molecule has 1 amide bonds. The molecule has 3 aromatic rings. The first kappa shape index (κ1) is 16.7. The van der Waals surface area contributed by atoms with E-state index in [1.165, 1.54) is 30.3 Å². The monoisotopic (exact) mass is 358 g/mol. The Morgan fingerprint density at radius 3 is 2.28 bits per heavy atom. The van der Waals surface area contributed by atoms with Crippen LogP contribution in [0.3, 0.4) is 0 Å². The van der Waals surface area contributed by atoms with E-state index in [2.05, 4.69) is 5.32 Å². The highest BCUT2D eigenvalue weighted by molar-refractivity contribution is 7.86. The zero-order chi connectivity index (χ0) is 18.2. The Labute approximate surface area is 143 Å². The van der Waals surface area contributed by atoms with E-state index in [9.17, 15) is 22.9 Å². The number of nitrogens with one attached hydrogen (secondary N) is 1. The second kappa shape index (κ2) is 6.08. The number of phenolic OH excluding ortho intramolecular Hbond substituents is 1. The summed E-state index contributed by atoms with van der Waals surface area (Å²) in [6, 6.07) is 12.8. The molecule has 3 rings (SSSR count). The zero-order valence-corrected chi connectivity index (χ0v) is 13.6. The maximum atomic E-state index is 12.4. The number of hydrogen-bond acceptors (Lipinski definition) is 5. The van der Waals surface area contributed by atoms with Crippen LogP contribution in [-0.2, 0) is 10.1 Å². The van der Waals surface area contributed by atoms with Crippen molar-refractivity contribution in [1.82, 2.24) is 0 Å². The fourth-order valence-electron chi connectivity index (χ4n) is 2.47. The minimum absolute atomic E-state index is 0.108. The highest BCUT2D eigenvalue weighted by Crippen LogP contribution is 2.32. The van der Waals surface area contributed by atoms with Crippen LogP contribution < -0.4 is 11.1 Å². The average Bonchev–Trinajstić information content (AvgIpc) is 2.54. The van der Waals surface area contributed by atoms with Crippen molar-refractivity contribution in [3.63, 3.8) is 0 Å². The molecule has 5 N–H and O–H groups in total. The van der Waals surface area contributed by atoms with Crippen LogP contribution in [0.25, 0.3) is 10.8 Å². The van der Waals surface area contributed by atoms with Crippen LogP contribution in [0.5, 0.6) is 5.75 Å². The number of anilines is 2. The van der Waals surface area contributed by atoms with Crippen LogP contribution >= 0.6 is 0 Å². The van der Waals surface area contributed by atoms with Crippen LogP contribution in [0, 0.1) is 0 Å². The van der Waals surface area contributed by atoms with Gasteiger partial charge in [-0.25, -0.2) is 0 Å². The Bertz CT molecular complexity index is 1080. The van der Waals surface area contributed by atoms with Gasteiger partial charge in [0.2, 0.25) is 0 Å². The molecule has 0 aliphatic carbocycles. The number of phenols is 1. The van der Waals surface area contributed by atoms with Crippen molar-refractivity contribution in [2.24, 2.45) is 0 Å². The summed E-state index contributed by atoms with van der Waals surface area (Å²) >= 11 is 0. The molecule has 0 aliphatic rings. The van der Waals surface area contributed by atoms with Gasteiger partial charge in [-0.05, 0) is 54.6 Å². The molecule has 0 aliphatic heterocycles. The van der Waals surface area contributed by atoms with Gasteiger partial charge in [0.25, 0.3) is 16.0 Å².